The molecule has 56 valence electrons. The van der Waals surface area contributed by atoms with Gasteiger partial charge in [0, 0.05) is 5.75 Å². The smallest absolute Gasteiger partial charge is 0.279 e. The third-order valence-electron chi connectivity index (χ3n) is 1.41. The van der Waals surface area contributed by atoms with E-state index >= 15 is 0 Å². The summed E-state index contributed by atoms with van der Waals surface area (Å²) in [5.41, 5.74) is 4.94. The molecule has 5 heteroatoms. The Labute approximate surface area is 68.7 Å². The maximum Gasteiger partial charge on any atom is 0.279 e. The van der Waals surface area contributed by atoms with Crippen LogP contribution in [-0.2, 0) is 0 Å². The van der Waals surface area contributed by atoms with Crippen molar-refractivity contribution in [2.24, 2.45) is 5.73 Å². The molecule has 0 spiro atoms. The number of carbonyl (C=O) groups excluding carboxylic acids is 1. The van der Waals surface area contributed by atoms with Gasteiger partial charge in [-0.3, -0.25) is 4.79 Å². The molecule has 1 rings (SSSR count). The number of nitrogens with one attached hydrogen (secondary N) is 1. The van der Waals surface area contributed by atoms with Gasteiger partial charge in [0.25, 0.3) is 5.24 Å². The highest BCUT2D eigenvalue weighted by Crippen LogP contribution is 2.22. The second kappa shape index (κ2) is 2.39. The summed E-state index contributed by atoms with van der Waals surface area (Å²) >= 11 is 5.99. The Bertz CT molecular complexity index is 194. The zero-order chi connectivity index (χ0) is 7.78. The van der Waals surface area contributed by atoms with Gasteiger partial charge in [-0.2, -0.15) is 0 Å². The summed E-state index contributed by atoms with van der Waals surface area (Å²) in [5.74, 6) is 0.640. The molecule has 1 heterocycles. The number of thiocarbonyl (C=S) groups is 1. The zero-order valence-corrected chi connectivity index (χ0v) is 7.14. The number of thioether (sulfide) groups is 1. The van der Waals surface area contributed by atoms with Crippen LogP contribution in [0.5, 0.6) is 0 Å². The van der Waals surface area contributed by atoms with E-state index in [1.54, 1.807) is 0 Å². The van der Waals surface area contributed by atoms with Crippen LogP contribution in [0.15, 0.2) is 0 Å². The molecule has 1 amide bonds. The van der Waals surface area contributed by atoms with Crippen LogP contribution in [0.25, 0.3) is 0 Å². The highest BCUT2D eigenvalue weighted by atomic mass is 32.2. The molecule has 1 aliphatic rings. The van der Waals surface area contributed by atoms with Crippen molar-refractivity contribution in [1.29, 1.82) is 0 Å². The molecule has 1 atom stereocenters. The molecule has 0 aromatic rings. The first-order valence-corrected chi connectivity index (χ1v) is 4.19. The van der Waals surface area contributed by atoms with Gasteiger partial charge in [-0.15, -0.1) is 0 Å². The Kier molecular flexibility index (Phi) is 1.87. The van der Waals surface area contributed by atoms with Crippen molar-refractivity contribution < 1.29 is 4.79 Å². The van der Waals surface area contributed by atoms with Gasteiger partial charge in [-0.25, -0.2) is 0 Å². The maximum absolute atomic E-state index is 10.7. The van der Waals surface area contributed by atoms with Crippen molar-refractivity contribution in [3.05, 3.63) is 0 Å². The van der Waals surface area contributed by atoms with Crippen molar-refractivity contribution in [2.45, 2.75) is 12.5 Å². The first kappa shape index (κ1) is 7.81. The van der Waals surface area contributed by atoms with Crippen LogP contribution in [0.4, 0.5) is 4.79 Å². The molecule has 10 heavy (non-hydrogen) atoms. The zero-order valence-electron chi connectivity index (χ0n) is 5.51. The fourth-order valence-corrected chi connectivity index (χ4v) is 1.80. The van der Waals surface area contributed by atoms with Gasteiger partial charge in [0.1, 0.15) is 0 Å². The Hall–Kier alpha value is -0.290. The van der Waals surface area contributed by atoms with Gasteiger partial charge in [0.15, 0.2) is 0 Å². The van der Waals surface area contributed by atoms with Gasteiger partial charge in [0.05, 0.1) is 10.5 Å². The summed E-state index contributed by atoms with van der Waals surface area (Å²) in [7, 11) is 0. The van der Waals surface area contributed by atoms with E-state index in [2.05, 4.69) is 5.32 Å². The minimum Gasteiger partial charge on any atom is -0.391 e. The van der Waals surface area contributed by atoms with Gasteiger partial charge in [0.2, 0.25) is 0 Å². The lowest BCUT2D eigenvalue weighted by atomic mass is 10.1. The summed E-state index contributed by atoms with van der Waals surface area (Å²) < 4.78 is 0. The average molecular weight is 176 g/mol. The molecule has 0 radical (unpaired) electrons. The first-order valence-electron chi connectivity index (χ1n) is 2.79. The number of amides is 1. The number of hydrogen-bond donors (Lipinski definition) is 2. The quantitative estimate of drug-likeness (QED) is 0.571. The van der Waals surface area contributed by atoms with E-state index in [9.17, 15) is 4.79 Å². The van der Waals surface area contributed by atoms with Crippen molar-refractivity contribution in [3.63, 3.8) is 0 Å². The molecule has 0 aromatic carbocycles. The monoisotopic (exact) mass is 176 g/mol. The highest BCUT2D eigenvalue weighted by molar-refractivity contribution is 8.14. The largest absolute Gasteiger partial charge is 0.391 e. The number of hydrogen-bond acceptors (Lipinski definition) is 3. The van der Waals surface area contributed by atoms with Crippen LogP contribution in [0.1, 0.15) is 6.92 Å². The lowest BCUT2D eigenvalue weighted by Gasteiger charge is -2.20. The molecule has 1 aliphatic heterocycles. The number of rotatable bonds is 1. The average Bonchev–Trinajstić information content (AvgIpc) is 2.13. The summed E-state index contributed by atoms with van der Waals surface area (Å²) in [6, 6.07) is 0. The van der Waals surface area contributed by atoms with E-state index in [0.717, 1.165) is 0 Å². The molecule has 0 saturated carbocycles. The van der Waals surface area contributed by atoms with E-state index < -0.39 is 5.54 Å². The molecule has 1 saturated heterocycles. The fraction of sp³-hybridized carbons (Fsp3) is 0.600. The van der Waals surface area contributed by atoms with Gasteiger partial charge >= 0.3 is 0 Å². The normalized spacial score (nSPS) is 31.9. The lowest BCUT2D eigenvalue weighted by Crippen LogP contribution is -2.50. The molecule has 0 unspecified atom stereocenters. The van der Waals surface area contributed by atoms with E-state index in [1.807, 2.05) is 6.92 Å². The lowest BCUT2D eigenvalue weighted by molar-refractivity contribution is 0.259. The van der Waals surface area contributed by atoms with Crippen molar-refractivity contribution in [1.82, 2.24) is 5.32 Å². The van der Waals surface area contributed by atoms with Crippen molar-refractivity contribution in [2.75, 3.05) is 5.75 Å². The summed E-state index contributed by atoms with van der Waals surface area (Å²) in [6.07, 6.45) is 0. The van der Waals surface area contributed by atoms with Crippen LogP contribution in [0.3, 0.4) is 0 Å². The third-order valence-corrected chi connectivity index (χ3v) is 2.95. The predicted molar refractivity (Wildman–Crippen MR) is 46.2 cm³/mol. The number of nitrogens with two attached hydrogens (primary N) is 1. The fourth-order valence-electron chi connectivity index (χ4n) is 0.640. The van der Waals surface area contributed by atoms with Crippen LogP contribution >= 0.6 is 24.0 Å². The molecule has 1 fully saturated rings. The van der Waals surface area contributed by atoms with E-state index in [1.165, 1.54) is 11.8 Å². The van der Waals surface area contributed by atoms with E-state index in [4.69, 9.17) is 18.0 Å². The molecule has 3 N–H and O–H groups in total. The van der Waals surface area contributed by atoms with Gasteiger partial charge in [-0.05, 0) is 6.92 Å². The molecule has 3 nitrogen and oxygen atoms in total. The summed E-state index contributed by atoms with van der Waals surface area (Å²) in [5, 5.41) is 2.64. The van der Waals surface area contributed by atoms with Crippen LogP contribution < -0.4 is 11.1 Å². The Morgan fingerprint density at radius 2 is 2.60 bits per heavy atom. The second-order valence-corrected chi connectivity index (χ2v) is 3.79. The SMILES string of the molecule is C[C@@]1(C(N)=S)CSC(=O)N1. The topological polar surface area (TPSA) is 55.1 Å². The van der Waals surface area contributed by atoms with Gasteiger partial charge in [-0.1, -0.05) is 24.0 Å². The molecule has 0 bridgehead atoms. The Balaban J connectivity index is 2.72. The van der Waals surface area contributed by atoms with Gasteiger partial charge < -0.3 is 11.1 Å². The van der Waals surface area contributed by atoms with E-state index in [-0.39, 0.29) is 5.24 Å². The summed E-state index contributed by atoms with van der Waals surface area (Å²) in [6.45, 7) is 1.83. The molecular weight excluding hydrogens is 168 g/mol. The van der Waals surface area contributed by atoms with Crippen molar-refractivity contribution in [3.8, 4) is 0 Å². The third kappa shape index (κ3) is 1.24. The number of carbonyl (C=O) groups is 1. The second-order valence-electron chi connectivity index (χ2n) is 2.40. The minimum absolute atomic E-state index is 0.0460. The first-order chi connectivity index (χ1) is 4.54. The van der Waals surface area contributed by atoms with E-state index in [0.29, 0.717) is 10.7 Å². The van der Waals surface area contributed by atoms with Crippen LogP contribution in [0, 0.1) is 0 Å². The minimum atomic E-state index is -0.461. The summed E-state index contributed by atoms with van der Waals surface area (Å²) in [4.78, 5) is 11.1. The maximum atomic E-state index is 10.7. The molecule has 0 aliphatic carbocycles. The van der Waals surface area contributed by atoms with Crippen molar-refractivity contribution >= 4 is 34.2 Å². The molecule has 0 aromatic heterocycles. The van der Waals surface area contributed by atoms with Crippen LogP contribution in [-0.4, -0.2) is 21.5 Å². The molecular formula is C5H8N2OS2. The Morgan fingerprint density at radius 1 is 2.00 bits per heavy atom. The van der Waals surface area contributed by atoms with Crippen LogP contribution in [0.2, 0.25) is 0 Å². The predicted octanol–water partition coefficient (Wildman–Crippen LogP) is 0.488. The highest BCUT2D eigenvalue weighted by Gasteiger charge is 2.36. The standard InChI is InChI=1S/C5H8N2OS2/c1-5(3(6)9)2-10-4(8)7-5/h2H2,1H3,(H2,6,9)(H,7,8)/t5-/m0/s1. The Morgan fingerprint density at radius 3 is 2.80 bits per heavy atom.